The smallest absolute Gasteiger partial charge is 0 e. The van der Waals surface area contributed by atoms with Gasteiger partial charge in [-0.2, -0.15) is 6.08 Å². The average Bonchev–Trinajstić information content (AvgIpc) is 1.41. The van der Waals surface area contributed by atoms with E-state index in [1.54, 1.807) is 0 Å². The summed E-state index contributed by atoms with van der Waals surface area (Å²) in [6, 6.07) is 0. The first-order valence-corrected chi connectivity index (χ1v) is 1.26. The van der Waals surface area contributed by atoms with Crippen molar-refractivity contribution in [1.29, 1.82) is 0 Å². The Balaban J connectivity index is 0. The molecule has 1 nitrogen and oxygen atoms in total. The van der Waals surface area contributed by atoms with Crippen molar-refractivity contribution >= 4 is 0 Å². The molecule has 0 aromatic carbocycles. The summed E-state index contributed by atoms with van der Waals surface area (Å²) in [6.07, 6.45) is 3.46. The molecule has 0 aliphatic rings. The fourth-order valence-electron chi connectivity index (χ4n) is 0.0497. The van der Waals surface area contributed by atoms with Crippen LogP contribution < -0.4 is 0 Å². The molecule has 30 valence electrons. The molecule has 6 heavy (non-hydrogen) atoms. The minimum atomic E-state index is 0. The van der Waals surface area contributed by atoms with Gasteiger partial charge in [-0.15, -0.1) is 0 Å². The molecule has 0 saturated carbocycles. The van der Waals surface area contributed by atoms with Gasteiger partial charge >= 0.3 is 0 Å². The summed E-state index contributed by atoms with van der Waals surface area (Å²) in [5.74, 6) is 0. The number of aliphatic hydroxyl groups excluding tert-OH is 1. The summed E-state index contributed by atoms with van der Waals surface area (Å²) in [5, 5.41) is 7.77. The zero-order chi connectivity index (χ0) is 4.12. The first-order valence-electron chi connectivity index (χ1n) is 1.26. The van der Waals surface area contributed by atoms with E-state index in [0.717, 1.165) is 6.26 Å². The fourth-order valence-corrected chi connectivity index (χ4v) is 0.0497. The molecule has 0 fully saturated rings. The maximum absolute atomic E-state index is 7.77. The topological polar surface area (TPSA) is 20.2 Å². The molecule has 0 radical (unpaired) electrons. The Bertz CT molecular complexity index is 49.5. The molecule has 0 saturated heterocycles. The molecule has 0 amide bonds. The normalized spacial score (nSPS) is 7.33. The van der Waals surface area contributed by atoms with Crippen LogP contribution in [0.15, 0.2) is 18.4 Å². The number of allylic oxidation sites excluding steroid dienone is 2. The quantitative estimate of drug-likeness (QED) is 0.246. The van der Waals surface area contributed by atoms with Gasteiger partial charge in [0.15, 0.2) is 0 Å². The molecule has 2 heteroatoms. The van der Waals surface area contributed by atoms with Crippen LogP contribution in [0.1, 0.15) is 0 Å². The van der Waals surface area contributed by atoms with Crippen LogP contribution in [0.3, 0.4) is 0 Å². The first kappa shape index (κ1) is 9.32. The van der Waals surface area contributed by atoms with Crippen LogP contribution in [0.4, 0.5) is 0 Å². The first-order chi connectivity index (χ1) is 2.41. The van der Waals surface area contributed by atoms with E-state index < -0.39 is 0 Å². The second kappa shape index (κ2) is 8.86. The largest absolute Gasteiger partial charge is 0.534 e. The van der Waals surface area contributed by atoms with Crippen molar-refractivity contribution in [2.45, 2.75) is 0 Å². The molecule has 0 rings (SSSR count). The predicted molar refractivity (Wildman–Crippen MR) is 20.6 cm³/mol. The van der Waals surface area contributed by atoms with Gasteiger partial charge in [0.05, 0.1) is 0 Å². The third-order valence-electron chi connectivity index (χ3n) is 0.197. The van der Waals surface area contributed by atoms with Crippen molar-refractivity contribution in [3.63, 3.8) is 0 Å². The Kier molecular flexibility index (Phi) is 13.8. The minimum Gasteiger partial charge on any atom is -0.534 e. The van der Waals surface area contributed by atoms with E-state index in [1.807, 2.05) is 0 Å². The molecule has 0 unspecified atom stereocenters. The fraction of sp³-hybridized carbons (Fsp3) is 0. The summed E-state index contributed by atoms with van der Waals surface area (Å²) in [7, 11) is 0. The Morgan fingerprint density at radius 3 is 2.00 bits per heavy atom. The van der Waals surface area contributed by atoms with Gasteiger partial charge in [0.2, 0.25) is 0 Å². The molecule has 0 aliphatic heterocycles. The second-order valence-corrected chi connectivity index (χ2v) is 0.534. The monoisotopic (exact) mass is 133 g/mol. The van der Waals surface area contributed by atoms with E-state index in [9.17, 15) is 0 Å². The van der Waals surface area contributed by atoms with E-state index in [-0.39, 0.29) is 19.5 Å². The number of hydrogen-bond donors (Lipinski definition) is 1. The van der Waals surface area contributed by atoms with E-state index >= 15 is 0 Å². The zero-order valence-electron chi connectivity index (χ0n) is 3.46. The number of rotatable bonds is 1. The summed E-state index contributed by atoms with van der Waals surface area (Å²) < 4.78 is 0. The molecule has 0 atom stereocenters. The maximum Gasteiger partial charge on any atom is 0 e. The summed E-state index contributed by atoms with van der Waals surface area (Å²) >= 11 is 0. The summed E-state index contributed by atoms with van der Waals surface area (Å²) in [6.45, 7) is 4.77. The summed E-state index contributed by atoms with van der Waals surface area (Å²) in [5.41, 5.74) is 0. The van der Waals surface area contributed by atoms with Gasteiger partial charge in [-0.25, -0.2) is 6.08 Å². The van der Waals surface area contributed by atoms with Gasteiger partial charge < -0.3 is 5.11 Å². The number of aliphatic hydroxyl groups is 1. The van der Waals surface area contributed by atoms with Crippen LogP contribution in [0.25, 0.3) is 0 Å². The van der Waals surface area contributed by atoms with Crippen LogP contribution in [0.2, 0.25) is 0 Å². The summed E-state index contributed by atoms with van der Waals surface area (Å²) in [4.78, 5) is 0. The van der Waals surface area contributed by atoms with E-state index in [2.05, 4.69) is 0 Å². The Labute approximate surface area is 50.1 Å². The van der Waals surface area contributed by atoms with Crippen molar-refractivity contribution in [3.05, 3.63) is 25.0 Å². The molecular weight excluding hydrogens is 129 g/mol. The number of hydrogen-bond acceptors (Lipinski definition) is 1. The molecule has 0 heterocycles. The Hall–Kier alpha value is -0.0966. The van der Waals surface area contributed by atoms with Crippen LogP contribution in [-0.2, 0) is 19.5 Å². The van der Waals surface area contributed by atoms with Gasteiger partial charge in [0.25, 0.3) is 0 Å². The second-order valence-electron chi connectivity index (χ2n) is 0.534. The van der Waals surface area contributed by atoms with Crippen molar-refractivity contribution in [2.75, 3.05) is 0 Å². The SMILES string of the molecule is [CH-]=C/C=C\O.[Zn]. The molecule has 0 spiro atoms. The maximum atomic E-state index is 7.77. The van der Waals surface area contributed by atoms with Gasteiger partial charge in [0.1, 0.15) is 0 Å². The third kappa shape index (κ3) is 9.08. The zero-order valence-corrected chi connectivity index (χ0v) is 6.43. The van der Waals surface area contributed by atoms with Crippen molar-refractivity contribution in [2.24, 2.45) is 0 Å². The van der Waals surface area contributed by atoms with Crippen LogP contribution in [-0.4, -0.2) is 5.11 Å². The van der Waals surface area contributed by atoms with Crippen LogP contribution in [0.5, 0.6) is 0 Å². The predicted octanol–water partition coefficient (Wildman–Crippen LogP) is 1.04. The van der Waals surface area contributed by atoms with E-state index in [4.69, 9.17) is 11.7 Å². The van der Waals surface area contributed by atoms with Gasteiger partial charge in [-0.1, -0.05) is 0 Å². The van der Waals surface area contributed by atoms with Crippen molar-refractivity contribution in [1.82, 2.24) is 0 Å². The third-order valence-corrected chi connectivity index (χ3v) is 0.197. The van der Waals surface area contributed by atoms with Crippen molar-refractivity contribution in [3.8, 4) is 0 Å². The van der Waals surface area contributed by atoms with Crippen LogP contribution in [0, 0.1) is 6.58 Å². The Morgan fingerprint density at radius 2 is 2.00 bits per heavy atom. The molecule has 0 aliphatic carbocycles. The molecular formula is C4H5OZn-. The van der Waals surface area contributed by atoms with E-state index in [0.29, 0.717) is 0 Å². The van der Waals surface area contributed by atoms with Gasteiger partial charge in [0, 0.05) is 19.5 Å². The molecule has 0 aromatic heterocycles. The van der Waals surface area contributed by atoms with Gasteiger partial charge in [-0.05, 0) is 6.26 Å². The van der Waals surface area contributed by atoms with Crippen LogP contribution >= 0.6 is 0 Å². The molecule has 0 aromatic rings. The van der Waals surface area contributed by atoms with Gasteiger partial charge in [-0.3, -0.25) is 6.58 Å². The van der Waals surface area contributed by atoms with Crippen molar-refractivity contribution < 1.29 is 24.6 Å². The average molecular weight is 134 g/mol. The van der Waals surface area contributed by atoms with E-state index in [1.165, 1.54) is 12.2 Å². The standard InChI is InChI=1S/C4H5O.Zn/c1-2-3-4-5;/h1-5H;/q-1;/b4-3-;. The Morgan fingerprint density at radius 1 is 1.50 bits per heavy atom. The molecule has 0 bridgehead atoms. The minimum absolute atomic E-state index is 0. The molecule has 1 N–H and O–H groups in total.